The van der Waals surface area contributed by atoms with Crippen molar-refractivity contribution in [3.63, 3.8) is 0 Å². The van der Waals surface area contributed by atoms with Crippen LogP contribution in [0.3, 0.4) is 0 Å². The van der Waals surface area contributed by atoms with Crippen LogP contribution in [-0.4, -0.2) is 42.8 Å². The fraction of sp³-hybridized carbons (Fsp3) is 1.00. The minimum Gasteiger partial charge on any atom is -0.376 e. The monoisotopic (exact) mass is 186 g/mol. The van der Waals surface area contributed by atoms with Crippen molar-refractivity contribution in [2.24, 2.45) is 5.73 Å². The molecule has 2 unspecified atom stereocenters. The molecule has 0 spiro atoms. The normalized spacial score (nSPS) is 34.4. The van der Waals surface area contributed by atoms with Crippen molar-refractivity contribution in [3.8, 4) is 0 Å². The summed E-state index contributed by atoms with van der Waals surface area (Å²) in [6.45, 7) is 10.2. The van der Waals surface area contributed by atoms with Crippen LogP contribution in [0.4, 0.5) is 0 Å². The highest BCUT2D eigenvalue weighted by atomic mass is 16.5. The van der Waals surface area contributed by atoms with Crippen LogP contribution in [0.25, 0.3) is 0 Å². The molecule has 0 aliphatic carbocycles. The topological polar surface area (TPSA) is 38.5 Å². The molecular weight excluding hydrogens is 164 g/mol. The Balaban J connectivity index is 2.77. The maximum atomic E-state index is 5.89. The van der Waals surface area contributed by atoms with Gasteiger partial charge in [-0.2, -0.15) is 0 Å². The van der Waals surface area contributed by atoms with Gasteiger partial charge in [-0.3, -0.25) is 4.90 Å². The summed E-state index contributed by atoms with van der Waals surface area (Å²) >= 11 is 0. The smallest absolute Gasteiger partial charge is 0.0743 e. The molecule has 0 amide bonds. The highest BCUT2D eigenvalue weighted by Crippen LogP contribution is 2.30. The van der Waals surface area contributed by atoms with Crippen LogP contribution in [0.15, 0.2) is 0 Å². The fourth-order valence-electron chi connectivity index (χ4n) is 2.44. The number of hydrogen-bond donors (Lipinski definition) is 1. The molecule has 1 saturated heterocycles. The van der Waals surface area contributed by atoms with Gasteiger partial charge >= 0.3 is 0 Å². The molecule has 0 aromatic heterocycles. The van der Waals surface area contributed by atoms with E-state index in [1.54, 1.807) is 0 Å². The number of ether oxygens (including phenoxy) is 1. The summed E-state index contributed by atoms with van der Waals surface area (Å²) < 4.78 is 5.62. The molecule has 0 bridgehead atoms. The fourth-order valence-corrected chi connectivity index (χ4v) is 2.44. The Kier molecular flexibility index (Phi) is 3.71. The van der Waals surface area contributed by atoms with Gasteiger partial charge in [-0.05, 0) is 26.4 Å². The number of rotatable bonds is 4. The second-order valence-corrected chi connectivity index (χ2v) is 3.74. The van der Waals surface area contributed by atoms with E-state index in [1.165, 1.54) is 0 Å². The zero-order chi connectivity index (χ0) is 9.90. The SMILES string of the molecule is CCN(CC)C1(CN)CCOC1C. The first kappa shape index (κ1) is 11.0. The molecule has 2 N–H and O–H groups in total. The minimum absolute atomic E-state index is 0.101. The number of hydrogen-bond acceptors (Lipinski definition) is 3. The van der Waals surface area contributed by atoms with Gasteiger partial charge in [0.1, 0.15) is 0 Å². The molecule has 2 atom stereocenters. The van der Waals surface area contributed by atoms with Crippen LogP contribution >= 0.6 is 0 Å². The van der Waals surface area contributed by atoms with E-state index in [2.05, 4.69) is 25.7 Å². The summed E-state index contributed by atoms with van der Waals surface area (Å²) in [6, 6.07) is 0. The first-order valence-electron chi connectivity index (χ1n) is 5.28. The Hall–Kier alpha value is -0.120. The molecule has 78 valence electrons. The van der Waals surface area contributed by atoms with Crippen LogP contribution in [0.5, 0.6) is 0 Å². The molecule has 0 radical (unpaired) electrons. The van der Waals surface area contributed by atoms with Crippen LogP contribution in [0, 0.1) is 0 Å². The third-order valence-corrected chi connectivity index (χ3v) is 3.41. The zero-order valence-electron chi connectivity index (χ0n) is 9.05. The third-order valence-electron chi connectivity index (χ3n) is 3.41. The van der Waals surface area contributed by atoms with E-state index in [9.17, 15) is 0 Å². The standard InChI is InChI=1S/C10H22N2O/c1-4-12(5-2)10(8-11)6-7-13-9(10)3/h9H,4-8,11H2,1-3H3. The molecule has 0 aromatic carbocycles. The van der Waals surface area contributed by atoms with E-state index in [0.29, 0.717) is 6.54 Å². The maximum absolute atomic E-state index is 5.89. The zero-order valence-corrected chi connectivity index (χ0v) is 9.05. The van der Waals surface area contributed by atoms with Crippen LogP contribution in [-0.2, 0) is 4.74 Å². The van der Waals surface area contributed by atoms with Crippen LogP contribution in [0.2, 0.25) is 0 Å². The number of likely N-dealkylation sites (N-methyl/N-ethyl adjacent to an activating group) is 1. The number of nitrogens with zero attached hydrogens (tertiary/aromatic N) is 1. The lowest BCUT2D eigenvalue weighted by atomic mass is 9.90. The molecule has 1 fully saturated rings. The van der Waals surface area contributed by atoms with Gasteiger partial charge in [-0.1, -0.05) is 13.8 Å². The van der Waals surface area contributed by atoms with Gasteiger partial charge in [0.25, 0.3) is 0 Å². The number of nitrogens with two attached hydrogens (primary N) is 1. The Bertz CT molecular complexity index is 159. The lowest BCUT2D eigenvalue weighted by molar-refractivity contribution is 0.0198. The van der Waals surface area contributed by atoms with Gasteiger partial charge in [0, 0.05) is 13.2 Å². The molecule has 13 heavy (non-hydrogen) atoms. The van der Waals surface area contributed by atoms with Gasteiger partial charge < -0.3 is 10.5 Å². The maximum Gasteiger partial charge on any atom is 0.0743 e. The first-order chi connectivity index (χ1) is 6.21. The predicted molar refractivity (Wildman–Crippen MR) is 54.7 cm³/mol. The molecule has 0 aromatic rings. The summed E-state index contributed by atoms with van der Waals surface area (Å²) in [5.41, 5.74) is 5.99. The van der Waals surface area contributed by atoms with Crippen molar-refractivity contribution >= 4 is 0 Å². The predicted octanol–water partition coefficient (Wildman–Crippen LogP) is 0.834. The Morgan fingerprint density at radius 1 is 1.46 bits per heavy atom. The minimum atomic E-state index is 0.101. The average molecular weight is 186 g/mol. The van der Waals surface area contributed by atoms with Gasteiger partial charge in [-0.25, -0.2) is 0 Å². The van der Waals surface area contributed by atoms with Crippen molar-refractivity contribution in [2.45, 2.75) is 38.8 Å². The van der Waals surface area contributed by atoms with Crippen molar-refractivity contribution in [1.29, 1.82) is 0 Å². The first-order valence-corrected chi connectivity index (χ1v) is 5.28. The van der Waals surface area contributed by atoms with Crippen molar-refractivity contribution < 1.29 is 4.74 Å². The van der Waals surface area contributed by atoms with Crippen molar-refractivity contribution in [2.75, 3.05) is 26.2 Å². The molecule has 1 heterocycles. The summed E-state index contributed by atoms with van der Waals surface area (Å²) in [5.74, 6) is 0. The van der Waals surface area contributed by atoms with Crippen LogP contribution in [0.1, 0.15) is 27.2 Å². The van der Waals surface area contributed by atoms with Gasteiger partial charge in [0.2, 0.25) is 0 Å². The van der Waals surface area contributed by atoms with Gasteiger partial charge in [0.15, 0.2) is 0 Å². The average Bonchev–Trinajstić information content (AvgIpc) is 2.51. The molecule has 1 rings (SSSR count). The molecule has 0 saturated carbocycles. The molecule has 1 aliphatic rings. The second kappa shape index (κ2) is 4.40. The van der Waals surface area contributed by atoms with E-state index < -0.39 is 0 Å². The molecule has 3 nitrogen and oxygen atoms in total. The van der Waals surface area contributed by atoms with E-state index in [1.807, 2.05) is 0 Å². The van der Waals surface area contributed by atoms with E-state index in [-0.39, 0.29) is 11.6 Å². The van der Waals surface area contributed by atoms with E-state index in [0.717, 1.165) is 26.1 Å². The Labute approximate surface area is 81.2 Å². The highest BCUT2D eigenvalue weighted by molar-refractivity contribution is 4.99. The Morgan fingerprint density at radius 2 is 2.08 bits per heavy atom. The third kappa shape index (κ3) is 1.73. The lowest BCUT2D eigenvalue weighted by Gasteiger charge is -2.41. The van der Waals surface area contributed by atoms with E-state index in [4.69, 9.17) is 10.5 Å². The molecule has 3 heteroatoms. The summed E-state index contributed by atoms with van der Waals surface area (Å²) in [7, 11) is 0. The van der Waals surface area contributed by atoms with Gasteiger partial charge in [0.05, 0.1) is 11.6 Å². The van der Waals surface area contributed by atoms with E-state index >= 15 is 0 Å². The van der Waals surface area contributed by atoms with Crippen molar-refractivity contribution in [3.05, 3.63) is 0 Å². The summed E-state index contributed by atoms with van der Waals surface area (Å²) in [6.07, 6.45) is 1.35. The quantitative estimate of drug-likeness (QED) is 0.707. The van der Waals surface area contributed by atoms with Gasteiger partial charge in [-0.15, -0.1) is 0 Å². The Morgan fingerprint density at radius 3 is 2.38 bits per heavy atom. The summed E-state index contributed by atoms with van der Waals surface area (Å²) in [5, 5.41) is 0. The van der Waals surface area contributed by atoms with Crippen LogP contribution < -0.4 is 5.73 Å². The summed E-state index contributed by atoms with van der Waals surface area (Å²) in [4.78, 5) is 2.44. The second-order valence-electron chi connectivity index (χ2n) is 3.74. The van der Waals surface area contributed by atoms with Crippen molar-refractivity contribution in [1.82, 2.24) is 4.90 Å². The molecule has 1 aliphatic heterocycles. The largest absolute Gasteiger partial charge is 0.376 e. The molecular formula is C10H22N2O. The lowest BCUT2D eigenvalue weighted by Crippen LogP contribution is -2.58. The highest BCUT2D eigenvalue weighted by Gasteiger charge is 2.43.